The van der Waals surface area contributed by atoms with Gasteiger partial charge in [-0.25, -0.2) is 4.79 Å². The number of carboxylic acids is 1. The molecule has 5 nitrogen and oxygen atoms in total. The molecule has 0 bridgehead atoms. The Hall–Kier alpha value is -3.15. The maximum absolute atomic E-state index is 12.4. The molecule has 1 aromatic heterocycles. The lowest BCUT2D eigenvalue weighted by molar-refractivity contribution is -0.160. The van der Waals surface area contributed by atoms with Crippen LogP contribution in [0.25, 0.3) is 22.1 Å². The highest BCUT2D eigenvalue weighted by atomic mass is 35.5. The third-order valence-electron chi connectivity index (χ3n) is 6.02. The van der Waals surface area contributed by atoms with E-state index in [9.17, 15) is 9.90 Å². The third kappa shape index (κ3) is 5.26. The van der Waals surface area contributed by atoms with Gasteiger partial charge in [-0.05, 0) is 86.5 Å². The van der Waals surface area contributed by atoms with Crippen molar-refractivity contribution in [1.82, 2.24) is 4.98 Å². The van der Waals surface area contributed by atoms with Crippen LogP contribution in [-0.4, -0.2) is 28.3 Å². The Morgan fingerprint density at radius 1 is 1.26 bits per heavy atom. The summed E-state index contributed by atoms with van der Waals surface area (Å²) >= 11 is 6.56. The average Bonchev–Trinajstić information content (AvgIpc) is 2.80. The SMILES string of the molecule is C/C(=C\C=C1\OCCc2ccncc21)c1c(C(OC(C)(C)C)C(=O)O)c(C)cc2c(Cl)cccc12. The zero-order valence-corrected chi connectivity index (χ0v) is 21.4. The summed E-state index contributed by atoms with van der Waals surface area (Å²) in [5, 5.41) is 12.5. The first-order valence-electron chi connectivity index (χ1n) is 11.6. The molecule has 35 heavy (non-hydrogen) atoms. The van der Waals surface area contributed by atoms with Crippen molar-refractivity contribution in [2.24, 2.45) is 0 Å². The number of allylic oxidation sites excluding steroid dienone is 3. The highest BCUT2D eigenvalue weighted by Crippen LogP contribution is 2.40. The first-order valence-corrected chi connectivity index (χ1v) is 12.0. The van der Waals surface area contributed by atoms with Crippen molar-refractivity contribution in [2.45, 2.75) is 52.7 Å². The number of pyridine rings is 1. The van der Waals surface area contributed by atoms with Crippen LogP contribution in [0, 0.1) is 6.92 Å². The van der Waals surface area contributed by atoms with Crippen molar-refractivity contribution in [3.05, 3.63) is 87.7 Å². The summed E-state index contributed by atoms with van der Waals surface area (Å²) in [5.41, 5.74) is 4.64. The number of hydrogen-bond donors (Lipinski definition) is 1. The molecule has 4 rings (SSSR count). The Balaban J connectivity index is 1.94. The average molecular weight is 492 g/mol. The molecule has 2 heterocycles. The zero-order chi connectivity index (χ0) is 25.3. The molecule has 0 saturated carbocycles. The highest BCUT2D eigenvalue weighted by molar-refractivity contribution is 6.35. The fraction of sp³-hybridized carbons (Fsp3) is 0.310. The van der Waals surface area contributed by atoms with E-state index in [2.05, 4.69) is 4.98 Å². The zero-order valence-electron chi connectivity index (χ0n) is 20.7. The fourth-order valence-electron chi connectivity index (χ4n) is 4.52. The summed E-state index contributed by atoms with van der Waals surface area (Å²) in [6.07, 6.45) is 7.20. The Morgan fingerprint density at radius 2 is 2.03 bits per heavy atom. The molecule has 1 unspecified atom stereocenters. The van der Waals surface area contributed by atoms with Crippen molar-refractivity contribution in [3.8, 4) is 0 Å². The minimum atomic E-state index is -1.14. The van der Waals surface area contributed by atoms with Gasteiger partial charge in [-0.1, -0.05) is 29.8 Å². The summed E-state index contributed by atoms with van der Waals surface area (Å²) in [7, 11) is 0. The monoisotopic (exact) mass is 491 g/mol. The van der Waals surface area contributed by atoms with E-state index in [4.69, 9.17) is 21.1 Å². The second kappa shape index (κ2) is 9.84. The van der Waals surface area contributed by atoms with Gasteiger partial charge >= 0.3 is 5.97 Å². The van der Waals surface area contributed by atoms with Crippen molar-refractivity contribution in [1.29, 1.82) is 0 Å². The minimum Gasteiger partial charge on any atom is -0.493 e. The predicted molar refractivity (Wildman–Crippen MR) is 140 cm³/mol. The van der Waals surface area contributed by atoms with Crippen LogP contribution in [-0.2, 0) is 20.7 Å². The normalized spacial score (nSPS) is 16.2. The van der Waals surface area contributed by atoms with Crippen LogP contribution in [0.1, 0.15) is 61.6 Å². The second-order valence-corrected chi connectivity index (χ2v) is 10.2. The summed E-state index contributed by atoms with van der Waals surface area (Å²) in [4.78, 5) is 16.7. The van der Waals surface area contributed by atoms with E-state index in [-0.39, 0.29) is 0 Å². The predicted octanol–water partition coefficient (Wildman–Crippen LogP) is 7.15. The van der Waals surface area contributed by atoms with E-state index in [0.717, 1.165) is 45.2 Å². The molecule has 1 atom stereocenters. The maximum atomic E-state index is 12.4. The number of aliphatic carboxylic acids is 1. The van der Waals surface area contributed by atoms with Gasteiger partial charge in [0.2, 0.25) is 0 Å². The number of ether oxygens (including phenoxy) is 2. The maximum Gasteiger partial charge on any atom is 0.337 e. The molecule has 0 amide bonds. The van der Waals surface area contributed by atoms with Crippen LogP contribution in [0.2, 0.25) is 5.02 Å². The van der Waals surface area contributed by atoms with E-state index in [1.54, 1.807) is 6.20 Å². The summed E-state index contributed by atoms with van der Waals surface area (Å²) in [5.74, 6) is -0.289. The Morgan fingerprint density at radius 3 is 2.74 bits per heavy atom. The molecule has 0 aliphatic carbocycles. The number of fused-ring (bicyclic) bond motifs is 2. The van der Waals surface area contributed by atoms with Crippen LogP contribution in [0.4, 0.5) is 0 Å². The number of nitrogens with zero attached hydrogens (tertiary/aromatic N) is 1. The van der Waals surface area contributed by atoms with Crippen molar-refractivity contribution >= 4 is 39.7 Å². The van der Waals surface area contributed by atoms with Crippen LogP contribution in [0.15, 0.2) is 54.9 Å². The van der Waals surface area contributed by atoms with Gasteiger partial charge in [0.15, 0.2) is 6.10 Å². The van der Waals surface area contributed by atoms with Gasteiger partial charge in [0.1, 0.15) is 5.76 Å². The lowest BCUT2D eigenvalue weighted by atomic mass is 9.87. The molecular formula is C29H30ClNO4. The van der Waals surface area contributed by atoms with E-state index in [1.807, 2.05) is 83.3 Å². The number of halogens is 1. The van der Waals surface area contributed by atoms with Crippen molar-refractivity contribution in [2.75, 3.05) is 6.61 Å². The molecule has 0 saturated heterocycles. The van der Waals surface area contributed by atoms with Gasteiger partial charge in [0, 0.05) is 40.4 Å². The van der Waals surface area contributed by atoms with Crippen LogP contribution < -0.4 is 0 Å². The third-order valence-corrected chi connectivity index (χ3v) is 6.35. The van der Waals surface area contributed by atoms with E-state index in [0.29, 0.717) is 17.2 Å². The quantitative estimate of drug-likeness (QED) is 0.410. The standard InChI is InChI=1S/C29H30ClNO4/c1-17(9-10-24-22-16-31-13-11-19(22)12-14-34-24)25-20-7-6-8-23(30)21(20)15-18(2)26(25)27(28(32)33)35-29(3,4)5/h6-11,13,15-16,27H,12,14H2,1-5H3,(H,32,33)/b17-9+,24-10+. The highest BCUT2D eigenvalue weighted by Gasteiger charge is 2.31. The second-order valence-electron chi connectivity index (χ2n) is 9.78. The van der Waals surface area contributed by atoms with E-state index in [1.165, 1.54) is 5.56 Å². The molecular weight excluding hydrogens is 462 g/mol. The molecule has 3 aromatic rings. The van der Waals surface area contributed by atoms with E-state index >= 15 is 0 Å². The van der Waals surface area contributed by atoms with Gasteiger partial charge in [-0.15, -0.1) is 0 Å². The Bertz CT molecular complexity index is 1350. The molecule has 6 heteroatoms. The fourth-order valence-corrected chi connectivity index (χ4v) is 4.75. The number of aromatic nitrogens is 1. The van der Waals surface area contributed by atoms with Gasteiger partial charge in [0.25, 0.3) is 0 Å². The minimum absolute atomic E-state index is 0.602. The molecule has 182 valence electrons. The van der Waals surface area contributed by atoms with Gasteiger partial charge in [-0.3, -0.25) is 4.98 Å². The molecule has 1 aliphatic rings. The number of benzene rings is 2. The molecule has 0 radical (unpaired) electrons. The van der Waals surface area contributed by atoms with Gasteiger partial charge < -0.3 is 14.6 Å². The summed E-state index contributed by atoms with van der Waals surface area (Å²) < 4.78 is 12.0. The topological polar surface area (TPSA) is 68.7 Å². The first kappa shape index (κ1) is 25.0. The number of aryl methyl sites for hydroxylation is 1. The van der Waals surface area contributed by atoms with Gasteiger partial charge in [-0.2, -0.15) is 0 Å². The van der Waals surface area contributed by atoms with Crippen LogP contribution in [0.3, 0.4) is 0 Å². The van der Waals surface area contributed by atoms with Crippen molar-refractivity contribution < 1.29 is 19.4 Å². The Labute approximate surface area is 211 Å². The molecule has 1 N–H and O–H groups in total. The summed E-state index contributed by atoms with van der Waals surface area (Å²) in [6, 6.07) is 9.64. The summed E-state index contributed by atoms with van der Waals surface area (Å²) in [6.45, 7) is 10.0. The van der Waals surface area contributed by atoms with Crippen LogP contribution >= 0.6 is 11.6 Å². The van der Waals surface area contributed by atoms with Gasteiger partial charge in [0.05, 0.1) is 12.2 Å². The smallest absolute Gasteiger partial charge is 0.337 e. The van der Waals surface area contributed by atoms with Crippen LogP contribution in [0.5, 0.6) is 0 Å². The number of rotatable bonds is 5. The molecule has 0 spiro atoms. The number of carbonyl (C=O) groups is 1. The first-order chi connectivity index (χ1) is 16.6. The van der Waals surface area contributed by atoms with Crippen molar-refractivity contribution in [3.63, 3.8) is 0 Å². The number of carboxylic acid groups (broad SMARTS) is 1. The molecule has 2 aromatic carbocycles. The lowest BCUT2D eigenvalue weighted by Gasteiger charge is -2.28. The largest absolute Gasteiger partial charge is 0.493 e. The van der Waals surface area contributed by atoms with E-state index < -0.39 is 17.7 Å². The molecule has 0 fully saturated rings. The molecule has 1 aliphatic heterocycles. The Kier molecular flexibility index (Phi) is 7.02. The number of hydrogen-bond acceptors (Lipinski definition) is 4. The lowest BCUT2D eigenvalue weighted by Crippen LogP contribution is -2.28.